The lowest BCUT2D eigenvalue weighted by molar-refractivity contribution is 0.303. The maximum absolute atomic E-state index is 5.16. The van der Waals surface area contributed by atoms with E-state index < -0.39 is 0 Å². The maximum atomic E-state index is 5.16. The first-order valence-corrected chi connectivity index (χ1v) is 3.50. The summed E-state index contributed by atoms with van der Waals surface area (Å²) in [6, 6.07) is 0. The molecule has 1 heterocycles. The third-order valence-corrected chi connectivity index (χ3v) is 1.81. The van der Waals surface area contributed by atoms with Crippen molar-refractivity contribution in [2.45, 2.75) is 19.3 Å². The van der Waals surface area contributed by atoms with Crippen molar-refractivity contribution in [1.29, 1.82) is 0 Å². The Morgan fingerprint density at radius 3 is 3.09 bits per heavy atom. The van der Waals surface area contributed by atoms with E-state index in [1.165, 1.54) is 0 Å². The predicted octanol–water partition coefficient (Wildman–Crippen LogP) is 0.0687. The minimum Gasteiger partial charge on any atom is -0.323 e. The zero-order valence-electron chi connectivity index (χ0n) is 5.95. The van der Waals surface area contributed by atoms with Gasteiger partial charge in [0.05, 0.1) is 5.71 Å². The average molecular weight is 152 g/mol. The van der Waals surface area contributed by atoms with Crippen LogP contribution in [0.25, 0.3) is 0 Å². The summed E-state index contributed by atoms with van der Waals surface area (Å²) in [4.78, 5) is 0. The summed E-state index contributed by atoms with van der Waals surface area (Å²) >= 11 is 0. The maximum Gasteiger partial charge on any atom is 0.154 e. The number of hydrogen-bond donors (Lipinski definition) is 1. The van der Waals surface area contributed by atoms with Crippen LogP contribution in [0.5, 0.6) is 0 Å². The fourth-order valence-electron chi connectivity index (χ4n) is 1.26. The normalized spacial score (nSPS) is 20.2. The van der Waals surface area contributed by atoms with Gasteiger partial charge < -0.3 is 5.84 Å². The summed E-state index contributed by atoms with van der Waals surface area (Å²) in [6.45, 7) is 0. The molecule has 2 rings (SSSR count). The van der Waals surface area contributed by atoms with Gasteiger partial charge in [-0.25, -0.2) is 4.63 Å². The van der Waals surface area contributed by atoms with Gasteiger partial charge in [-0.3, -0.25) is 0 Å². The van der Waals surface area contributed by atoms with Crippen LogP contribution in [0.1, 0.15) is 24.2 Å². The third-order valence-electron chi connectivity index (χ3n) is 1.81. The number of fused-ring (bicyclic) bond motifs is 1. The van der Waals surface area contributed by atoms with Crippen molar-refractivity contribution < 1.29 is 4.63 Å². The van der Waals surface area contributed by atoms with E-state index >= 15 is 0 Å². The smallest absolute Gasteiger partial charge is 0.154 e. The van der Waals surface area contributed by atoms with Crippen LogP contribution in [-0.2, 0) is 6.42 Å². The molecular formula is C6H8N4O. The standard InChI is InChI=1S/C6H8N4O/c7-8-4-2-1-3-5-6(4)10-11-9-5/h1-3,7H2/b8-4-. The molecular weight excluding hydrogens is 144 g/mol. The van der Waals surface area contributed by atoms with Gasteiger partial charge in [0, 0.05) is 0 Å². The van der Waals surface area contributed by atoms with Crippen LogP contribution in [0, 0.1) is 0 Å². The highest BCUT2D eigenvalue weighted by atomic mass is 16.6. The fraction of sp³-hybridized carbons (Fsp3) is 0.500. The molecule has 0 bridgehead atoms. The summed E-state index contributed by atoms with van der Waals surface area (Å²) < 4.78 is 4.56. The summed E-state index contributed by atoms with van der Waals surface area (Å²) in [6.07, 6.45) is 2.81. The largest absolute Gasteiger partial charge is 0.323 e. The molecule has 5 nitrogen and oxygen atoms in total. The Kier molecular flexibility index (Phi) is 1.34. The van der Waals surface area contributed by atoms with Gasteiger partial charge in [0.15, 0.2) is 5.69 Å². The molecule has 0 aliphatic heterocycles. The summed E-state index contributed by atoms with van der Waals surface area (Å²) in [5, 5.41) is 11.1. The summed E-state index contributed by atoms with van der Waals surface area (Å²) in [5.41, 5.74) is 2.41. The average Bonchev–Trinajstić information content (AvgIpc) is 2.50. The Morgan fingerprint density at radius 2 is 2.27 bits per heavy atom. The highest BCUT2D eigenvalue weighted by Gasteiger charge is 2.20. The van der Waals surface area contributed by atoms with Crippen molar-refractivity contribution in [2.24, 2.45) is 10.9 Å². The van der Waals surface area contributed by atoms with E-state index in [2.05, 4.69) is 20.0 Å². The van der Waals surface area contributed by atoms with Gasteiger partial charge in [-0.2, -0.15) is 5.10 Å². The van der Waals surface area contributed by atoms with Crippen molar-refractivity contribution in [3.8, 4) is 0 Å². The molecule has 1 aliphatic carbocycles. The highest BCUT2D eigenvalue weighted by Crippen LogP contribution is 2.17. The van der Waals surface area contributed by atoms with Crippen molar-refractivity contribution in [2.75, 3.05) is 0 Å². The van der Waals surface area contributed by atoms with Gasteiger partial charge in [0.1, 0.15) is 5.69 Å². The molecule has 1 aliphatic rings. The molecule has 11 heavy (non-hydrogen) atoms. The van der Waals surface area contributed by atoms with Crippen molar-refractivity contribution in [1.82, 2.24) is 10.3 Å². The topological polar surface area (TPSA) is 77.3 Å². The Morgan fingerprint density at radius 1 is 1.36 bits per heavy atom. The minimum atomic E-state index is 0.735. The van der Waals surface area contributed by atoms with Crippen LogP contribution in [0.15, 0.2) is 9.73 Å². The van der Waals surface area contributed by atoms with Crippen LogP contribution >= 0.6 is 0 Å². The summed E-state index contributed by atoms with van der Waals surface area (Å²) in [7, 11) is 0. The molecule has 0 radical (unpaired) electrons. The third kappa shape index (κ3) is 0.886. The molecule has 0 fully saturated rings. The van der Waals surface area contributed by atoms with Gasteiger partial charge in [-0.15, -0.1) is 0 Å². The number of rotatable bonds is 0. The Balaban J connectivity index is 2.48. The number of nitrogens with two attached hydrogens (primary N) is 1. The molecule has 5 heteroatoms. The molecule has 1 aromatic heterocycles. The van der Waals surface area contributed by atoms with Gasteiger partial charge in [-0.05, 0) is 24.4 Å². The fourth-order valence-corrected chi connectivity index (χ4v) is 1.26. The zero-order chi connectivity index (χ0) is 7.68. The van der Waals surface area contributed by atoms with Crippen LogP contribution in [0.3, 0.4) is 0 Å². The SMILES string of the molecule is N/N=C1/CCCc2nonc21. The lowest BCUT2D eigenvalue weighted by atomic mass is 9.99. The predicted molar refractivity (Wildman–Crippen MR) is 38.0 cm³/mol. The highest BCUT2D eigenvalue weighted by molar-refractivity contribution is 6.00. The van der Waals surface area contributed by atoms with Crippen LogP contribution in [0.4, 0.5) is 0 Å². The van der Waals surface area contributed by atoms with E-state index in [1.54, 1.807) is 0 Å². The Labute approximate surface area is 63.2 Å². The van der Waals surface area contributed by atoms with Crippen LogP contribution in [-0.4, -0.2) is 16.0 Å². The van der Waals surface area contributed by atoms with Crippen molar-refractivity contribution in [3.63, 3.8) is 0 Å². The van der Waals surface area contributed by atoms with Gasteiger partial charge in [0.2, 0.25) is 0 Å². The molecule has 0 unspecified atom stereocenters. The van der Waals surface area contributed by atoms with Gasteiger partial charge >= 0.3 is 0 Å². The van der Waals surface area contributed by atoms with E-state index in [1.807, 2.05) is 0 Å². The summed E-state index contributed by atoms with van der Waals surface area (Å²) in [5.74, 6) is 5.16. The van der Waals surface area contributed by atoms with E-state index in [9.17, 15) is 0 Å². The monoisotopic (exact) mass is 152 g/mol. The van der Waals surface area contributed by atoms with Gasteiger partial charge in [0.25, 0.3) is 0 Å². The molecule has 58 valence electrons. The van der Waals surface area contributed by atoms with Crippen LogP contribution < -0.4 is 5.84 Å². The molecule has 0 saturated heterocycles. The first kappa shape index (κ1) is 6.33. The quantitative estimate of drug-likeness (QED) is 0.421. The van der Waals surface area contributed by atoms with Crippen molar-refractivity contribution in [3.05, 3.63) is 11.4 Å². The molecule has 0 saturated carbocycles. The molecule has 0 amide bonds. The molecule has 0 spiro atoms. The minimum absolute atomic E-state index is 0.735. The van der Waals surface area contributed by atoms with Gasteiger partial charge in [-0.1, -0.05) is 5.16 Å². The zero-order valence-corrected chi connectivity index (χ0v) is 5.95. The molecule has 0 aromatic carbocycles. The van der Waals surface area contributed by atoms with E-state index in [0.717, 1.165) is 36.4 Å². The van der Waals surface area contributed by atoms with Crippen LogP contribution in [0.2, 0.25) is 0 Å². The Bertz CT molecular complexity index is 291. The molecule has 2 N–H and O–H groups in total. The number of hydrogen-bond acceptors (Lipinski definition) is 5. The number of hydrazone groups is 1. The number of aryl methyl sites for hydroxylation is 1. The molecule has 0 atom stereocenters. The van der Waals surface area contributed by atoms with E-state index in [-0.39, 0.29) is 0 Å². The number of aromatic nitrogens is 2. The van der Waals surface area contributed by atoms with Crippen molar-refractivity contribution >= 4 is 5.71 Å². The second kappa shape index (κ2) is 2.34. The first-order valence-electron chi connectivity index (χ1n) is 3.50. The first-order chi connectivity index (χ1) is 5.42. The molecule has 1 aromatic rings. The second-order valence-electron chi connectivity index (χ2n) is 2.49. The van der Waals surface area contributed by atoms with E-state index in [0.29, 0.717) is 0 Å². The number of nitrogens with zero attached hydrogens (tertiary/aromatic N) is 3. The second-order valence-corrected chi connectivity index (χ2v) is 2.49. The van der Waals surface area contributed by atoms with E-state index in [4.69, 9.17) is 5.84 Å². The Hall–Kier alpha value is -1.39. The lowest BCUT2D eigenvalue weighted by Crippen LogP contribution is -2.13. The lowest BCUT2D eigenvalue weighted by Gasteiger charge is -2.07.